The molecule has 2 nitrogen and oxygen atoms in total. The van der Waals surface area contributed by atoms with E-state index in [-0.39, 0.29) is 11.1 Å². The first-order valence-electron chi connectivity index (χ1n) is 9.77. The second-order valence-electron chi connectivity index (χ2n) is 11.4. The van der Waals surface area contributed by atoms with Gasteiger partial charge in [-0.1, -0.05) is 53.7 Å². The standard InChI is InChI=1S/C23H39N2.Au.ClH/c1-20(2,3)15-22(7,8)24-17-25(19-14-12-11-13-18(19)24)23(9,10)16-21(4,5)6;;/h11-14,17H,15-16H2,1-10H3;;1H/q-1;+1;/p-1. The maximum absolute atomic E-state index is 4.58. The van der Waals surface area contributed by atoms with E-state index in [4.69, 9.17) is 0 Å². The van der Waals surface area contributed by atoms with Crippen molar-refractivity contribution in [2.24, 2.45) is 10.8 Å². The zero-order valence-electron chi connectivity index (χ0n) is 18.9. The van der Waals surface area contributed by atoms with E-state index < -0.39 is 0 Å². The molecular formula is C23H39AuClN2-. The minimum absolute atomic E-state index is 0.0704. The van der Waals surface area contributed by atoms with Gasteiger partial charge in [0, 0.05) is 22.5 Å². The fourth-order valence-electron chi connectivity index (χ4n) is 4.84. The Morgan fingerprint density at radius 2 is 1.00 bits per heavy atom. The van der Waals surface area contributed by atoms with Crippen molar-refractivity contribution in [3.63, 3.8) is 0 Å². The average Bonchev–Trinajstić information content (AvgIpc) is 2.85. The molecule has 0 amide bonds. The molecule has 27 heavy (non-hydrogen) atoms. The molecule has 0 unspecified atom stereocenters. The molecule has 0 fully saturated rings. The summed E-state index contributed by atoms with van der Waals surface area (Å²) in [6.45, 7) is 25.8. The van der Waals surface area contributed by atoms with Crippen molar-refractivity contribution < 1.29 is 20.0 Å². The SMILES string of the molecule is CC(C)(C)CC(C)(C)N1[CH-]N(C(C)(C)CC(C)(C)C)c2ccccc21.[Cl][Au]. The molecule has 160 valence electrons. The summed E-state index contributed by atoms with van der Waals surface area (Å²) in [4.78, 5) is 5.00. The quantitative estimate of drug-likeness (QED) is 0.270. The van der Waals surface area contributed by atoms with Crippen LogP contribution >= 0.6 is 9.19 Å². The number of fused-ring (bicyclic) bond motifs is 1. The molecule has 0 N–H and O–H groups in total. The van der Waals surface area contributed by atoms with Gasteiger partial charge in [-0.2, -0.15) is 6.67 Å². The number of hydrogen-bond donors (Lipinski definition) is 0. The molecule has 2 rings (SSSR count). The monoisotopic (exact) mass is 575 g/mol. The maximum atomic E-state index is 4.58. The van der Waals surface area contributed by atoms with Crippen molar-refractivity contribution in [1.82, 2.24) is 0 Å². The van der Waals surface area contributed by atoms with E-state index in [1.807, 2.05) is 0 Å². The fraction of sp³-hybridized carbons (Fsp3) is 0.696. The van der Waals surface area contributed by atoms with Crippen molar-refractivity contribution in [1.29, 1.82) is 0 Å². The zero-order chi connectivity index (χ0) is 21.3. The summed E-state index contributed by atoms with van der Waals surface area (Å²) >= 11 is 1.75. The number of nitrogens with zero attached hydrogens (tertiary/aromatic N) is 2. The van der Waals surface area contributed by atoms with Crippen LogP contribution in [0.5, 0.6) is 0 Å². The number of para-hydroxylation sites is 2. The Morgan fingerprint density at radius 1 is 0.704 bits per heavy atom. The van der Waals surface area contributed by atoms with Gasteiger partial charge in [0.05, 0.1) is 0 Å². The van der Waals surface area contributed by atoms with E-state index in [0.717, 1.165) is 12.8 Å². The Hall–Kier alpha value is -0.150. The Kier molecular flexibility index (Phi) is 8.01. The van der Waals surface area contributed by atoms with Crippen molar-refractivity contribution in [3.05, 3.63) is 30.9 Å². The van der Waals surface area contributed by atoms with Crippen LogP contribution in [-0.2, 0) is 20.0 Å². The van der Waals surface area contributed by atoms with Crippen LogP contribution in [-0.4, -0.2) is 11.1 Å². The Morgan fingerprint density at radius 3 is 1.26 bits per heavy atom. The third-order valence-electron chi connectivity index (χ3n) is 4.86. The molecule has 1 aliphatic heterocycles. The topological polar surface area (TPSA) is 6.48 Å². The van der Waals surface area contributed by atoms with Crippen LogP contribution in [0.3, 0.4) is 0 Å². The predicted molar refractivity (Wildman–Crippen MR) is 118 cm³/mol. The van der Waals surface area contributed by atoms with Gasteiger partial charge >= 0.3 is 29.2 Å². The second kappa shape index (κ2) is 8.69. The number of benzene rings is 1. The molecule has 1 aromatic carbocycles. The molecule has 0 radical (unpaired) electrons. The van der Waals surface area contributed by atoms with E-state index in [0.29, 0.717) is 10.8 Å². The molecule has 0 spiro atoms. The van der Waals surface area contributed by atoms with E-state index in [2.05, 4.69) is 119 Å². The minimum atomic E-state index is 0.0704. The molecule has 0 aliphatic carbocycles. The number of hydrogen-bond acceptors (Lipinski definition) is 2. The molecule has 0 bridgehead atoms. The van der Waals surface area contributed by atoms with E-state index in [1.54, 1.807) is 20.0 Å². The Balaban J connectivity index is 0.00000176. The summed E-state index contributed by atoms with van der Waals surface area (Å²) in [5.41, 5.74) is 3.39. The van der Waals surface area contributed by atoms with Crippen LogP contribution < -0.4 is 9.80 Å². The summed E-state index contributed by atoms with van der Waals surface area (Å²) in [5.74, 6) is 0. The summed E-state index contributed by atoms with van der Waals surface area (Å²) in [7, 11) is 4.58. The number of rotatable bonds is 4. The summed E-state index contributed by atoms with van der Waals surface area (Å²) in [6.07, 6.45) is 2.27. The molecule has 1 aliphatic rings. The van der Waals surface area contributed by atoms with Crippen molar-refractivity contribution in [2.75, 3.05) is 9.80 Å². The van der Waals surface area contributed by atoms with Gasteiger partial charge in [-0.15, -0.1) is 0 Å². The molecule has 4 heteroatoms. The Labute approximate surface area is 184 Å². The van der Waals surface area contributed by atoms with E-state index >= 15 is 0 Å². The summed E-state index contributed by atoms with van der Waals surface area (Å²) in [6, 6.07) is 8.85. The molecule has 0 saturated heterocycles. The van der Waals surface area contributed by atoms with Crippen molar-refractivity contribution >= 4 is 20.6 Å². The molecule has 0 atom stereocenters. The first-order chi connectivity index (χ1) is 12.1. The van der Waals surface area contributed by atoms with Crippen LogP contribution in [0, 0.1) is 17.5 Å². The predicted octanol–water partition coefficient (Wildman–Crippen LogP) is 7.55. The molecule has 1 heterocycles. The van der Waals surface area contributed by atoms with Gasteiger partial charge < -0.3 is 9.80 Å². The van der Waals surface area contributed by atoms with Gasteiger partial charge in [0.2, 0.25) is 0 Å². The molecule has 0 aromatic heterocycles. The summed E-state index contributed by atoms with van der Waals surface area (Å²) in [5, 5.41) is 0. The Bertz CT molecular complexity index is 559. The van der Waals surface area contributed by atoms with Gasteiger partial charge in [0.25, 0.3) is 0 Å². The van der Waals surface area contributed by atoms with Crippen LogP contribution in [0.4, 0.5) is 11.4 Å². The van der Waals surface area contributed by atoms with Gasteiger partial charge in [-0.05, 0) is 63.5 Å². The van der Waals surface area contributed by atoms with Gasteiger partial charge in [-0.3, -0.25) is 0 Å². The molecule has 1 aromatic rings. The van der Waals surface area contributed by atoms with Gasteiger partial charge in [0.15, 0.2) is 0 Å². The zero-order valence-corrected chi connectivity index (χ0v) is 21.8. The van der Waals surface area contributed by atoms with E-state index in [1.165, 1.54) is 11.4 Å². The second-order valence-corrected chi connectivity index (χ2v) is 11.4. The van der Waals surface area contributed by atoms with Gasteiger partial charge in [0.1, 0.15) is 0 Å². The van der Waals surface area contributed by atoms with Gasteiger partial charge in [-0.25, -0.2) is 0 Å². The third kappa shape index (κ3) is 6.70. The van der Waals surface area contributed by atoms with Crippen LogP contribution in [0.25, 0.3) is 0 Å². The fourth-order valence-corrected chi connectivity index (χ4v) is 4.84. The molecular weight excluding hydrogens is 537 g/mol. The number of anilines is 2. The molecule has 0 saturated carbocycles. The first-order valence-corrected chi connectivity index (χ1v) is 12.5. The van der Waals surface area contributed by atoms with Crippen molar-refractivity contribution in [3.8, 4) is 0 Å². The first kappa shape index (κ1) is 24.9. The number of halogens is 1. The van der Waals surface area contributed by atoms with Crippen LogP contribution in [0.1, 0.15) is 82.1 Å². The van der Waals surface area contributed by atoms with Crippen LogP contribution in [0.15, 0.2) is 24.3 Å². The third-order valence-corrected chi connectivity index (χ3v) is 4.86. The van der Waals surface area contributed by atoms with E-state index in [9.17, 15) is 0 Å². The van der Waals surface area contributed by atoms with Crippen LogP contribution in [0.2, 0.25) is 0 Å². The summed E-state index contributed by atoms with van der Waals surface area (Å²) < 4.78 is 0. The average molecular weight is 576 g/mol. The van der Waals surface area contributed by atoms with Crippen molar-refractivity contribution in [2.45, 2.75) is 93.2 Å². The normalized spacial score (nSPS) is 15.4.